The molecule has 1 aromatic heterocycles. The van der Waals surface area contributed by atoms with Crippen LogP contribution in [0, 0.1) is 0 Å². The van der Waals surface area contributed by atoms with Crippen LogP contribution in [0.5, 0.6) is 0 Å². The molecule has 29 heavy (non-hydrogen) atoms. The van der Waals surface area contributed by atoms with E-state index in [1.54, 1.807) is 29.5 Å². The molecule has 0 spiro atoms. The van der Waals surface area contributed by atoms with Crippen LogP contribution in [0.2, 0.25) is 0 Å². The molecule has 0 aliphatic rings. The van der Waals surface area contributed by atoms with Gasteiger partial charge >= 0.3 is 0 Å². The zero-order chi connectivity index (χ0) is 21.1. The Morgan fingerprint density at radius 1 is 1.24 bits per heavy atom. The van der Waals surface area contributed by atoms with E-state index in [4.69, 9.17) is 4.74 Å². The predicted molar refractivity (Wildman–Crippen MR) is 119 cm³/mol. The molecule has 1 aromatic carbocycles. The minimum atomic E-state index is -3.56. The first-order valence-electron chi connectivity index (χ1n) is 9.59. The van der Waals surface area contributed by atoms with Crippen LogP contribution in [0.25, 0.3) is 0 Å². The van der Waals surface area contributed by atoms with Crippen molar-refractivity contribution in [2.75, 3.05) is 33.4 Å². The maximum atomic E-state index is 12.4. The summed E-state index contributed by atoms with van der Waals surface area (Å²) in [6.07, 6.45) is 0. The van der Waals surface area contributed by atoms with E-state index in [1.807, 2.05) is 13.0 Å². The molecule has 2 aromatic rings. The Kier molecular flexibility index (Phi) is 9.59. The number of aliphatic imine (C=N–C) groups is 1. The lowest BCUT2D eigenvalue weighted by Crippen LogP contribution is -2.39. The van der Waals surface area contributed by atoms with E-state index >= 15 is 0 Å². The number of thiophene rings is 1. The maximum Gasteiger partial charge on any atom is 0.240 e. The summed E-state index contributed by atoms with van der Waals surface area (Å²) < 4.78 is 32.1. The average Bonchev–Trinajstić information content (AvgIpc) is 3.25. The van der Waals surface area contributed by atoms with Crippen LogP contribution >= 0.6 is 11.3 Å². The molecule has 2 rings (SSSR count). The number of ether oxygens (including phenoxy) is 1. The second kappa shape index (κ2) is 11.9. The second-order valence-electron chi connectivity index (χ2n) is 6.53. The fourth-order valence-electron chi connectivity index (χ4n) is 2.61. The van der Waals surface area contributed by atoms with Crippen LogP contribution in [0.1, 0.15) is 30.2 Å². The van der Waals surface area contributed by atoms with Crippen LogP contribution < -0.4 is 15.4 Å². The zero-order valence-corrected chi connectivity index (χ0v) is 18.8. The van der Waals surface area contributed by atoms with Crippen molar-refractivity contribution in [2.45, 2.75) is 31.2 Å². The molecule has 3 N–H and O–H groups in total. The fraction of sp³-hybridized carbons (Fsp3) is 0.450. The van der Waals surface area contributed by atoms with Crippen molar-refractivity contribution in [1.29, 1.82) is 0 Å². The van der Waals surface area contributed by atoms with E-state index < -0.39 is 10.0 Å². The smallest absolute Gasteiger partial charge is 0.240 e. The maximum absolute atomic E-state index is 12.4. The van der Waals surface area contributed by atoms with Crippen molar-refractivity contribution < 1.29 is 13.2 Å². The quantitative estimate of drug-likeness (QED) is 0.285. The van der Waals surface area contributed by atoms with Gasteiger partial charge in [0.2, 0.25) is 10.0 Å². The molecular weight excluding hydrogens is 408 g/mol. The molecule has 0 amide bonds. The van der Waals surface area contributed by atoms with Gasteiger partial charge in [0.1, 0.15) is 0 Å². The lowest BCUT2D eigenvalue weighted by molar-refractivity contribution is 0.204. The van der Waals surface area contributed by atoms with Gasteiger partial charge in [-0.25, -0.2) is 18.1 Å². The van der Waals surface area contributed by atoms with E-state index in [-0.39, 0.29) is 11.4 Å². The summed E-state index contributed by atoms with van der Waals surface area (Å²) in [6.45, 7) is 6.64. The summed E-state index contributed by atoms with van der Waals surface area (Å²) in [5.41, 5.74) is 0.822. The third-order valence-electron chi connectivity index (χ3n) is 4.18. The Hall–Kier alpha value is -1.94. The van der Waals surface area contributed by atoms with Crippen molar-refractivity contribution in [3.63, 3.8) is 0 Å². The molecule has 7 nitrogen and oxygen atoms in total. The summed E-state index contributed by atoms with van der Waals surface area (Å²) in [7, 11) is -2.03. The fourth-order valence-corrected chi connectivity index (χ4v) is 4.48. The number of sulfonamides is 1. The van der Waals surface area contributed by atoms with Crippen molar-refractivity contribution in [3.05, 3.63) is 52.2 Å². The minimum Gasteiger partial charge on any atom is -0.383 e. The van der Waals surface area contributed by atoms with E-state index in [0.29, 0.717) is 25.0 Å². The second-order valence-corrected chi connectivity index (χ2v) is 9.28. The first-order chi connectivity index (χ1) is 14.0. The first-order valence-corrected chi connectivity index (χ1v) is 12.0. The number of nitrogens with one attached hydrogen (secondary N) is 3. The monoisotopic (exact) mass is 438 g/mol. The van der Waals surface area contributed by atoms with Gasteiger partial charge in [0.25, 0.3) is 0 Å². The summed E-state index contributed by atoms with van der Waals surface area (Å²) >= 11 is 1.75. The normalized spacial score (nSPS) is 13.3. The van der Waals surface area contributed by atoms with Gasteiger partial charge < -0.3 is 15.4 Å². The zero-order valence-electron chi connectivity index (χ0n) is 17.1. The number of hydrogen-bond donors (Lipinski definition) is 3. The Balaban J connectivity index is 2.01. The third kappa shape index (κ3) is 7.77. The Bertz CT molecular complexity index is 868. The predicted octanol–water partition coefficient (Wildman–Crippen LogP) is 2.53. The number of hydrogen-bond acceptors (Lipinski definition) is 5. The van der Waals surface area contributed by atoms with Gasteiger partial charge in [-0.3, -0.25) is 0 Å². The molecular formula is C20H30N4O3S2. The molecule has 1 atom stereocenters. The molecule has 0 aliphatic heterocycles. The van der Waals surface area contributed by atoms with Crippen molar-refractivity contribution >= 4 is 27.3 Å². The van der Waals surface area contributed by atoms with Crippen LogP contribution in [0.4, 0.5) is 0 Å². The SMILES string of the molecule is CCNC(=NCc1cccc(S(=O)(=O)NCCOC)c1)NCC(C)c1cccs1. The van der Waals surface area contributed by atoms with E-state index in [2.05, 4.69) is 44.8 Å². The van der Waals surface area contributed by atoms with Crippen molar-refractivity contribution in [2.24, 2.45) is 4.99 Å². The lowest BCUT2D eigenvalue weighted by Gasteiger charge is -2.15. The molecule has 0 saturated heterocycles. The Morgan fingerprint density at radius 3 is 2.76 bits per heavy atom. The highest BCUT2D eigenvalue weighted by atomic mass is 32.2. The van der Waals surface area contributed by atoms with Gasteiger partial charge in [-0.05, 0) is 36.1 Å². The number of methoxy groups -OCH3 is 1. The van der Waals surface area contributed by atoms with Gasteiger partial charge in [0, 0.05) is 37.5 Å². The Labute approximate surface area is 177 Å². The number of nitrogens with zero attached hydrogens (tertiary/aromatic N) is 1. The summed E-state index contributed by atoms with van der Waals surface area (Å²) in [5.74, 6) is 1.09. The van der Waals surface area contributed by atoms with E-state index in [9.17, 15) is 8.42 Å². The average molecular weight is 439 g/mol. The standard InChI is InChI=1S/C20H30N4O3S2/c1-4-21-20(22-14-16(2)19-9-6-12-28-19)23-15-17-7-5-8-18(13-17)29(25,26)24-10-11-27-3/h5-9,12-13,16,24H,4,10-11,14-15H2,1-3H3,(H2,21,22,23). The topological polar surface area (TPSA) is 91.8 Å². The highest BCUT2D eigenvalue weighted by Crippen LogP contribution is 2.19. The molecule has 1 unspecified atom stereocenters. The molecule has 160 valence electrons. The van der Waals surface area contributed by atoms with Crippen LogP contribution in [-0.2, 0) is 21.3 Å². The molecule has 1 heterocycles. The van der Waals surface area contributed by atoms with E-state index in [1.165, 1.54) is 12.0 Å². The summed E-state index contributed by atoms with van der Waals surface area (Å²) in [5, 5.41) is 8.67. The number of guanidine groups is 1. The van der Waals surface area contributed by atoms with Gasteiger partial charge in [-0.15, -0.1) is 11.3 Å². The first kappa shape index (κ1) is 23.3. The molecule has 0 bridgehead atoms. The van der Waals surface area contributed by atoms with Crippen LogP contribution in [0.15, 0.2) is 51.7 Å². The van der Waals surface area contributed by atoms with Crippen LogP contribution in [-0.4, -0.2) is 47.7 Å². The highest BCUT2D eigenvalue weighted by molar-refractivity contribution is 7.89. The molecule has 0 radical (unpaired) electrons. The van der Waals surface area contributed by atoms with Gasteiger partial charge in [0.05, 0.1) is 18.0 Å². The van der Waals surface area contributed by atoms with Crippen molar-refractivity contribution in [3.8, 4) is 0 Å². The van der Waals surface area contributed by atoms with Crippen LogP contribution in [0.3, 0.4) is 0 Å². The van der Waals surface area contributed by atoms with Gasteiger partial charge in [0.15, 0.2) is 5.96 Å². The van der Waals surface area contributed by atoms with Crippen molar-refractivity contribution in [1.82, 2.24) is 15.4 Å². The third-order valence-corrected chi connectivity index (χ3v) is 6.74. The molecule has 0 aliphatic carbocycles. The molecule has 0 saturated carbocycles. The highest BCUT2D eigenvalue weighted by Gasteiger charge is 2.13. The van der Waals surface area contributed by atoms with Gasteiger partial charge in [-0.1, -0.05) is 25.1 Å². The molecule has 0 fully saturated rings. The number of rotatable bonds is 11. The largest absolute Gasteiger partial charge is 0.383 e. The minimum absolute atomic E-state index is 0.227. The number of benzene rings is 1. The molecule has 9 heteroatoms. The Morgan fingerprint density at radius 2 is 2.07 bits per heavy atom. The summed E-state index contributed by atoms with van der Waals surface area (Å²) in [6, 6.07) is 11.0. The summed E-state index contributed by atoms with van der Waals surface area (Å²) in [4.78, 5) is 6.15. The van der Waals surface area contributed by atoms with Gasteiger partial charge in [-0.2, -0.15) is 0 Å². The lowest BCUT2D eigenvalue weighted by atomic mass is 10.1. The van der Waals surface area contributed by atoms with E-state index in [0.717, 1.165) is 18.7 Å².